The molecule has 5 heteroatoms. The number of nitrogens with zero attached hydrogens (tertiary/aromatic N) is 2. The zero-order valence-corrected chi connectivity index (χ0v) is 13.4. The van der Waals surface area contributed by atoms with E-state index in [1.807, 2.05) is 39.0 Å². The molecular formula is C17H22N2O3. The van der Waals surface area contributed by atoms with Gasteiger partial charge in [0.1, 0.15) is 5.60 Å². The number of carbonyl (C=O) groups is 1. The van der Waals surface area contributed by atoms with Gasteiger partial charge in [0.15, 0.2) is 0 Å². The molecule has 1 atom stereocenters. The van der Waals surface area contributed by atoms with E-state index in [-0.39, 0.29) is 6.09 Å². The Bertz CT molecular complexity index is 595. The highest BCUT2D eigenvalue weighted by Crippen LogP contribution is 2.21. The SMILES string of the molecule is CC(O)c1ccc(C2=CCN(C(=O)OC(C)(C)C)C=C2)cn1. The fourth-order valence-electron chi connectivity index (χ4n) is 1.99. The molecule has 0 radical (unpaired) electrons. The molecule has 0 saturated heterocycles. The normalized spacial score (nSPS) is 16.2. The second-order valence-corrected chi connectivity index (χ2v) is 6.26. The zero-order chi connectivity index (χ0) is 16.3. The van der Waals surface area contributed by atoms with Gasteiger partial charge in [0.05, 0.1) is 11.8 Å². The number of pyridine rings is 1. The molecule has 2 heterocycles. The summed E-state index contributed by atoms with van der Waals surface area (Å²) in [6, 6.07) is 3.71. The highest BCUT2D eigenvalue weighted by molar-refractivity contribution is 5.78. The molecule has 0 fully saturated rings. The van der Waals surface area contributed by atoms with Crippen molar-refractivity contribution >= 4 is 11.7 Å². The number of rotatable bonds is 2. The lowest BCUT2D eigenvalue weighted by Crippen LogP contribution is -2.34. The summed E-state index contributed by atoms with van der Waals surface area (Å²) in [6.45, 7) is 7.67. The molecular weight excluding hydrogens is 280 g/mol. The average molecular weight is 302 g/mol. The van der Waals surface area contributed by atoms with Crippen LogP contribution in [0.1, 0.15) is 45.1 Å². The summed E-state index contributed by atoms with van der Waals surface area (Å²) in [5.74, 6) is 0. The summed E-state index contributed by atoms with van der Waals surface area (Å²) in [5.41, 5.74) is 2.07. The monoisotopic (exact) mass is 302 g/mol. The molecule has 1 N–H and O–H groups in total. The van der Waals surface area contributed by atoms with Gasteiger partial charge in [0, 0.05) is 18.9 Å². The maximum absolute atomic E-state index is 12.0. The van der Waals surface area contributed by atoms with Gasteiger partial charge in [-0.1, -0.05) is 12.1 Å². The molecule has 0 spiro atoms. The quantitative estimate of drug-likeness (QED) is 0.910. The first-order valence-electron chi connectivity index (χ1n) is 7.28. The third-order valence-corrected chi connectivity index (χ3v) is 3.12. The van der Waals surface area contributed by atoms with Gasteiger partial charge in [0.2, 0.25) is 0 Å². The number of ether oxygens (including phenoxy) is 1. The van der Waals surface area contributed by atoms with Crippen LogP contribution < -0.4 is 0 Å². The Morgan fingerprint density at radius 2 is 2.14 bits per heavy atom. The van der Waals surface area contributed by atoms with Crippen molar-refractivity contribution in [3.8, 4) is 0 Å². The minimum atomic E-state index is -0.576. The number of aliphatic hydroxyl groups is 1. The molecule has 1 amide bonds. The second-order valence-electron chi connectivity index (χ2n) is 6.26. The Balaban J connectivity index is 2.03. The van der Waals surface area contributed by atoms with Crippen molar-refractivity contribution in [2.45, 2.75) is 39.4 Å². The molecule has 1 aromatic rings. The number of carbonyl (C=O) groups excluding carboxylic acids is 1. The topological polar surface area (TPSA) is 62.7 Å². The van der Waals surface area contributed by atoms with Crippen LogP contribution in [0.3, 0.4) is 0 Å². The van der Waals surface area contributed by atoms with E-state index in [0.717, 1.165) is 11.1 Å². The number of aliphatic hydroxyl groups excluding tert-OH is 1. The van der Waals surface area contributed by atoms with Gasteiger partial charge < -0.3 is 9.84 Å². The van der Waals surface area contributed by atoms with Gasteiger partial charge in [-0.2, -0.15) is 0 Å². The highest BCUT2D eigenvalue weighted by Gasteiger charge is 2.21. The molecule has 5 nitrogen and oxygen atoms in total. The van der Waals surface area contributed by atoms with E-state index in [9.17, 15) is 9.90 Å². The average Bonchev–Trinajstić information content (AvgIpc) is 2.46. The van der Waals surface area contributed by atoms with Crippen molar-refractivity contribution in [2.24, 2.45) is 0 Å². The number of aromatic nitrogens is 1. The van der Waals surface area contributed by atoms with E-state index in [1.54, 1.807) is 25.4 Å². The van der Waals surface area contributed by atoms with E-state index in [4.69, 9.17) is 4.74 Å². The third kappa shape index (κ3) is 4.18. The van der Waals surface area contributed by atoms with Gasteiger partial charge in [-0.3, -0.25) is 9.88 Å². The van der Waals surface area contributed by atoms with E-state index in [2.05, 4.69) is 4.98 Å². The van der Waals surface area contributed by atoms with Gasteiger partial charge in [-0.25, -0.2) is 4.79 Å². The van der Waals surface area contributed by atoms with Crippen molar-refractivity contribution < 1.29 is 14.6 Å². The first kappa shape index (κ1) is 16.2. The maximum atomic E-state index is 12.0. The summed E-state index contributed by atoms with van der Waals surface area (Å²) in [6.07, 6.45) is 6.30. The third-order valence-electron chi connectivity index (χ3n) is 3.12. The Labute approximate surface area is 130 Å². The molecule has 1 aliphatic rings. The molecule has 118 valence electrons. The van der Waals surface area contributed by atoms with Crippen molar-refractivity contribution in [1.29, 1.82) is 0 Å². The lowest BCUT2D eigenvalue weighted by atomic mass is 10.1. The second kappa shape index (κ2) is 6.32. The van der Waals surface area contributed by atoms with Crippen LogP contribution in [-0.2, 0) is 4.74 Å². The lowest BCUT2D eigenvalue weighted by Gasteiger charge is -2.26. The Hall–Kier alpha value is -2.14. The van der Waals surface area contributed by atoms with Crippen LogP contribution >= 0.6 is 0 Å². The maximum Gasteiger partial charge on any atom is 0.414 e. The zero-order valence-electron chi connectivity index (χ0n) is 13.4. The number of amides is 1. The summed E-state index contributed by atoms with van der Waals surface area (Å²) < 4.78 is 5.33. The van der Waals surface area contributed by atoms with Crippen molar-refractivity contribution in [3.05, 3.63) is 47.9 Å². The van der Waals surface area contributed by atoms with Crippen LogP contribution in [-0.4, -0.2) is 33.2 Å². The van der Waals surface area contributed by atoms with E-state index >= 15 is 0 Å². The predicted octanol–water partition coefficient (Wildman–Crippen LogP) is 3.28. The summed E-state index contributed by atoms with van der Waals surface area (Å²) in [5, 5.41) is 9.46. The number of hydrogen-bond donors (Lipinski definition) is 1. The van der Waals surface area contributed by atoms with Gasteiger partial charge in [-0.15, -0.1) is 0 Å². The molecule has 0 saturated carbocycles. The number of allylic oxidation sites excluding steroid dienone is 2. The van der Waals surface area contributed by atoms with Crippen LogP contribution in [0.2, 0.25) is 0 Å². The van der Waals surface area contributed by atoms with Crippen molar-refractivity contribution in [1.82, 2.24) is 9.88 Å². The fraction of sp³-hybridized carbons (Fsp3) is 0.412. The van der Waals surface area contributed by atoms with E-state index in [0.29, 0.717) is 12.2 Å². The first-order valence-corrected chi connectivity index (χ1v) is 7.28. The van der Waals surface area contributed by atoms with Crippen LogP contribution in [0.5, 0.6) is 0 Å². The summed E-state index contributed by atoms with van der Waals surface area (Å²) >= 11 is 0. The molecule has 2 rings (SSSR count). The Morgan fingerprint density at radius 1 is 1.41 bits per heavy atom. The van der Waals surface area contributed by atoms with Gasteiger partial charge in [0.25, 0.3) is 0 Å². The fourth-order valence-corrected chi connectivity index (χ4v) is 1.99. The molecule has 22 heavy (non-hydrogen) atoms. The van der Waals surface area contributed by atoms with Crippen molar-refractivity contribution in [3.63, 3.8) is 0 Å². The molecule has 0 aromatic carbocycles. The van der Waals surface area contributed by atoms with Gasteiger partial charge >= 0.3 is 6.09 Å². The standard InChI is InChI=1S/C17H22N2O3/c1-12(20)15-6-5-14(11-18-15)13-7-9-19(10-8-13)16(21)22-17(2,3)4/h5-9,11-12,20H,10H2,1-4H3. The van der Waals surface area contributed by atoms with Crippen LogP contribution in [0.25, 0.3) is 5.57 Å². The minimum absolute atomic E-state index is 0.360. The molecule has 0 aliphatic carbocycles. The first-order chi connectivity index (χ1) is 10.3. The summed E-state index contributed by atoms with van der Waals surface area (Å²) in [7, 11) is 0. The van der Waals surface area contributed by atoms with Gasteiger partial charge in [-0.05, 0) is 51.0 Å². The van der Waals surface area contributed by atoms with Crippen LogP contribution in [0.4, 0.5) is 4.79 Å². The van der Waals surface area contributed by atoms with E-state index < -0.39 is 11.7 Å². The van der Waals surface area contributed by atoms with Crippen molar-refractivity contribution in [2.75, 3.05) is 6.54 Å². The predicted molar refractivity (Wildman–Crippen MR) is 84.9 cm³/mol. The molecule has 0 bridgehead atoms. The molecule has 1 aromatic heterocycles. The Kier molecular flexibility index (Phi) is 4.66. The largest absolute Gasteiger partial charge is 0.443 e. The highest BCUT2D eigenvalue weighted by atomic mass is 16.6. The van der Waals surface area contributed by atoms with Crippen LogP contribution in [0, 0.1) is 0 Å². The Morgan fingerprint density at radius 3 is 2.59 bits per heavy atom. The summed E-state index contributed by atoms with van der Waals surface area (Å²) in [4.78, 5) is 17.7. The molecule has 1 aliphatic heterocycles. The molecule has 1 unspecified atom stereocenters. The minimum Gasteiger partial charge on any atom is -0.443 e. The smallest absolute Gasteiger partial charge is 0.414 e. The lowest BCUT2D eigenvalue weighted by molar-refractivity contribution is 0.0350. The number of hydrogen-bond acceptors (Lipinski definition) is 4. The van der Waals surface area contributed by atoms with Crippen LogP contribution in [0.15, 0.2) is 36.7 Å². The van der Waals surface area contributed by atoms with E-state index in [1.165, 1.54) is 4.90 Å².